The smallest absolute Gasteiger partial charge is 0.343 e. The lowest BCUT2D eigenvalue weighted by Crippen LogP contribution is -2.34. The van der Waals surface area contributed by atoms with Crippen LogP contribution in [0.4, 0.5) is 4.79 Å². The number of amides is 2. The predicted octanol–water partition coefficient (Wildman–Crippen LogP) is 4.16. The SMILES string of the molecule is CCOC(=O)CN1C(=O)S/C(=C\c2ccc(OC(=O)c3ccc(Cl)cc3)cc2)C1=O. The topological polar surface area (TPSA) is 90.0 Å². The molecular weight excluding hydrogens is 430 g/mol. The number of halogens is 1. The number of rotatable bonds is 6. The lowest BCUT2D eigenvalue weighted by molar-refractivity contribution is -0.145. The lowest BCUT2D eigenvalue weighted by atomic mass is 10.2. The summed E-state index contributed by atoms with van der Waals surface area (Å²) in [6.07, 6.45) is 1.53. The number of ether oxygens (including phenoxy) is 2. The number of hydrogen-bond donors (Lipinski definition) is 0. The molecule has 1 saturated heterocycles. The van der Waals surface area contributed by atoms with Crippen molar-refractivity contribution in [2.45, 2.75) is 6.92 Å². The first-order chi connectivity index (χ1) is 14.4. The minimum Gasteiger partial charge on any atom is -0.465 e. The van der Waals surface area contributed by atoms with E-state index >= 15 is 0 Å². The van der Waals surface area contributed by atoms with Crippen LogP contribution in [0.2, 0.25) is 5.02 Å². The highest BCUT2D eigenvalue weighted by molar-refractivity contribution is 8.18. The number of thioether (sulfide) groups is 1. The van der Waals surface area contributed by atoms with Gasteiger partial charge >= 0.3 is 11.9 Å². The molecule has 7 nitrogen and oxygen atoms in total. The number of hydrogen-bond acceptors (Lipinski definition) is 7. The average molecular weight is 446 g/mol. The van der Waals surface area contributed by atoms with Gasteiger partial charge in [0.15, 0.2) is 0 Å². The van der Waals surface area contributed by atoms with E-state index in [2.05, 4.69) is 0 Å². The van der Waals surface area contributed by atoms with E-state index in [1.807, 2.05) is 0 Å². The minimum absolute atomic E-state index is 0.167. The fraction of sp³-hybridized carbons (Fsp3) is 0.143. The Morgan fingerprint density at radius 1 is 1.07 bits per heavy atom. The van der Waals surface area contributed by atoms with Crippen molar-refractivity contribution in [1.82, 2.24) is 4.90 Å². The molecule has 1 fully saturated rings. The van der Waals surface area contributed by atoms with Gasteiger partial charge in [-0.1, -0.05) is 23.7 Å². The molecule has 2 aromatic carbocycles. The number of carbonyl (C=O) groups excluding carboxylic acids is 4. The molecule has 3 rings (SSSR count). The van der Waals surface area contributed by atoms with Gasteiger partial charge in [-0.05, 0) is 66.7 Å². The number of carbonyl (C=O) groups is 4. The van der Waals surface area contributed by atoms with Crippen molar-refractivity contribution >= 4 is 52.5 Å². The van der Waals surface area contributed by atoms with Gasteiger partial charge in [0.05, 0.1) is 17.1 Å². The third-order valence-corrected chi connectivity index (χ3v) is 5.09. The van der Waals surface area contributed by atoms with Crippen molar-refractivity contribution in [3.63, 3.8) is 0 Å². The predicted molar refractivity (Wildman–Crippen MR) is 112 cm³/mol. The normalized spacial score (nSPS) is 14.9. The summed E-state index contributed by atoms with van der Waals surface area (Å²) in [5.74, 6) is -1.41. The highest BCUT2D eigenvalue weighted by atomic mass is 35.5. The van der Waals surface area contributed by atoms with Crippen LogP contribution in [0.1, 0.15) is 22.8 Å². The second kappa shape index (κ2) is 9.60. The van der Waals surface area contributed by atoms with Crippen LogP contribution >= 0.6 is 23.4 Å². The third-order valence-electron chi connectivity index (χ3n) is 3.93. The van der Waals surface area contributed by atoms with Crippen LogP contribution in [0.25, 0.3) is 6.08 Å². The van der Waals surface area contributed by atoms with Crippen LogP contribution in [0, 0.1) is 0 Å². The molecule has 0 atom stereocenters. The summed E-state index contributed by atoms with van der Waals surface area (Å²) >= 11 is 6.55. The molecule has 30 heavy (non-hydrogen) atoms. The molecule has 0 radical (unpaired) electrons. The monoisotopic (exact) mass is 445 g/mol. The molecule has 9 heteroatoms. The summed E-state index contributed by atoms with van der Waals surface area (Å²) in [5, 5.41) is -0.0182. The Kier molecular flexibility index (Phi) is 6.91. The second-order valence-electron chi connectivity index (χ2n) is 6.04. The first-order valence-corrected chi connectivity index (χ1v) is 10.1. The van der Waals surface area contributed by atoms with E-state index in [-0.39, 0.29) is 11.5 Å². The number of benzene rings is 2. The first-order valence-electron chi connectivity index (χ1n) is 8.86. The molecule has 0 spiro atoms. The Morgan fingerprint density at radius 2 is 1.73 bits per heavy atom. The summed E-state index contributed by atoms with van der Waals surface area (Å²) in [6.45, 7) is 1.39. The molecule has 1 aliphatic rings. The van der Waals surface area contributed by atoms with E-state index < -0.39 is 29.6 Å². The van der Waals surface area contributed by atoms with Gasteiger partial charge in [-0.15, -0.1) is 0 Å². The number of esters is 2. The van der Waals surface area contributed by atoms with Crippen molar-refractivity contribution in [1.29, 1.82) is 0 Å². The largest absolute Gasteiger partial charge is 0.465 e. The maximum atomic E-state index is 12.4. The van der Waals surface area contributed by atoms with Crippen LogP contribution in [0.15, 0.2) is 53.4 Å². The molecule has 0 aliphatic carbocycles. The van der Waals surface area contributed by atoms with E-state index in [0.29, 0.717) is 21.9 Å². The summed E-state index contributed by atoms with van der Waals surface area (Å²) in [7, 11) is 0. The van der Waals surface area contributed by atoms with Gasteiger partial charge in [0.1, 0.15) is 12.3 Å². The molecule has 0 bridgehead atoms. The van der Waals surface area contributed by atoms with E-state index in [0.717, 1.165) is 16.7 Å². The Labute approximate surface area is 181 Å². The summed E-state index contributed by atoms with van der Waals surface area (Å²) in [4.78, 5) is 49.1. The Morgan fingerprint density at radius 3 is 2.37 bits per heavy atom. The van der Waals surface area contributed by atoms with Crippen LogP contribution in [-0.4, -0.2) is 41.1 Å². The molecule has 2 amide bonds. The Bertz CT molecular complexity index is 1020. The standard InChI is InChI=1S/C21H16ClNO6S/c1-2-28-18(24)12-23-19(25)17(30-21(23)27)11-13-3-9-16(10-4-13)29-20(26)14-5-7-15(22)8-6-14/h3-11H,2,12H2,1H3/b17-11-. The van der Waals surface area contributed by atoms with Gasteiger partial charge in [0.2, 0.25) is 0 Å². The zero-order valence-electron chi connectivity index (χ0n) is 15.8. The maximum absolute atomic E-state index is 12.4. The molecule has 0 unspecified atom stereocenters. The molecule has 154 valence electrons. The van der Waals surface area contributed by atoms with Crippen molar-refractivity contribution < 1.29 is 28.7 Å². The summed E-state index contributed by atoms with van der Waals surface area (Å²) in [5.41, 5.74) is 0.988. The van der Waals surface area contributed by atoms with Crippen molar-refractivity contribution in [2.24, 2.45) is 0 Å². The highest BCUT2D eigenvalue weighted by Gasteiger charge is 2.36. The quantitative estimate of drug-likeness (QED) is 0.374. The molecule has 0 N–H and O–H groups in total. The van der Waals surface area contributed by atoms with Gasteiger partial charge in [0, 0.05) is 5.02 Å². The molecular formula is C21H16ClNO6S. The van der Waals surface area contributed by atoms with E-state index in [4.69, 9.17) is 21.1 Å². The second-order valence-corrected chi connectivity index (χ2v) is 7.47. The maximum Gasteiger partial charge on any atom is 0.343 e. The average Bonchev–Trinajstić information content (AvgIpc) is 2.97. The van der Waals surface area contributed by atoms with Crippen LogP contribution in [0.5, 0.6) is 5.75 Å². The van der Waals surface area contributed by atoms with Gasteiger partial charge in [0.25, 0.3) is 11.1 Å². The first kappa shape index (κ1) is 21.6. The number of nitrogens with zero attached hydrogens (tertiary/aromatic N) is 1. The summed E-state index contributed by atoms with van der Waals surface area (Å²) < 4.78 is 10.1. The van der Waals surface area contributed by atoms with Gasteiger partial charge in [-0.3, -0.25) is 19.3 Å². The van der Waals surface area contributed by atoms with Gasteiger partial charge in [-0.2, -0.15) is 0 Å². The zero-order chi connectivity index (χ0) is 21.7. The van der Waals surface area contributed by atoms with Crippen molar-refractivity contribution in [2.75, 3.05) is 13.2 Å². The van der Waals surface area contributed by atoms with Crippen molar-refractivity contribution in [3.05, 3.63) is 69.6 Å². The summed E-state index contributed by atoms with van der Waals surface area (Å²) in [6, 6.07) is 12.7. The van der Waals surface area contributed by atoms with Crippen molar-refractivity contribution in [3.8, 4) is 5.75 Å². The molecule has 2 aromatic rings. The Balaban J connectivity index is 1.66. The van der Waals surface area contributed by atoms with Gasteiger partial charge < -0.3 is 9.47 Å². The lowest BCUT2D eigenvalue weighted by Gasteiger charge is -2.10. The van der Waals surface area contributed by atoms with Crippen LogP contribution in [0.3, 0.4) is 0 Å². The van der Waals surface area contributed by atoms with E-state index in [9.17, 15) is 19.2 Å². The minimum atomic E-state index is -0.645. The fourth-order valence-electron chi connectivity index (χ4n) is 2.51. The molecule has 1 heterocycles. The molecule has 0 saturated carbocycles. The van der Waals surface area contributed by atoms with Gasteiger partial charge in [-0.25, -0.2) is 4.79 Å². The zero-order valence-corrected chi connectivity index (χ0v) is 17.4. The van der Waals surface area contributed by atoms with Crippen LogP contribution in [-0.2, 0) is 14.3 Å². The fourth-order valence-corrected chi connectivity index (χ4v) is 3.47. The Hall–Kier alpha value is -3.10. The number of imide groups is 1. The van der Waals surface area contributed by atoms with E-state index in [1.165, 1.54) is 6.08 Å². The van der Waals surface area contributed by atoms with E-state index in [1.54, 1.807) is 55.5 Å². The molecule has 1 aliphatic heterocycles. The molecule has 0 aromatic heterocycles. The highest BCUT2D eigenvalue weighted by Crippen LogP contribution is 2.32. The van der Waals surface area contributed by atoms with Crippen LogP contribution < -0.4 is 4.74 Å². The third kappa shape index (κ3) is 5.28.